The Kier molecular flexibility index (Phi) is 5.71. The van der Waals surface area contributed by atoms with Crippen molar-refractivity contribution in [2.24, 2.45) is 5.84 Å². The molecule has 17 heavy (non-hydrogen) atoms. The molecule has 1 amide bonds. The van der Waals surface area contributed by atoms with Gasteiger partial charge in [-0.05, 0) is 13.0 Å². The molecule has 0 aromatic heterocycles. The molecule has 1 atom stereocenters. The Hall–Kier alpha value is -0.310. The van der Waals surface area contributed by atoms with E-state index in [2.05, 4.69) is 5.43 Å². The molecule has 100 valence electrons. The molecule has 0 saturated carbocycles. The molecule has 1 unspecified atom stereocenters. The highest BCUT2D eigenvalue weighted by molar-refractivity contribution is 8.00. The molecule has 0 aromatic carbocycles. The van der Waals surface area contributed by atoms with Crippen molar-refractivity contribution in [2.45, 2.75) is 18.2 Å². The van der Waals surface area contributed by atoms with E-state index in [0.29, 0.717) is 25.1 Å². The van der Waals surface area contributed by atoms with Crippen LogP contribution in [-0.4, -0.2) is 55.4 Å². The van der Waals surface area contributed by atoms with Crippen LogP contribution in [0.25, 0.3) is 0 Å². The number of thioether (sulfide) groups is 1. The lowest BCUT2D eigenvalue weighted by molar-refractivity contribution is -0.121. The Morgan fingerprint density at radius 2 is 2.29 bits per heavy atom. The maximum Gasteiger partial charge on any atom is 0.233 e. The summed E-state index contributed by atoms with van der Waals surface area (Å²) in [5.74, 6) is 6.31. The Balaban J connectivity index is 2.46. The Labute approximate surface area is 106 Å². The lowest BCUT2D eigenvalue weighted by Gasteiger charge is -2.33. The smallest absolute Gasteiger partial charge is 0.233 e. The fourth-order valence-electron chi connectivity index (χ4n) is 1.78. The molecule has 1 fully saturated rings. The van der Waals surface area contributed by atoms with Crippen molar-refractivity contribution in [2.75, 3.05) is 30.9 Å². The summed E-state index contributed by atoms with van der Waals surface area (Å²) >= 11 is 1.66. The average molecular weight is 281 g/mol. The number of carbonyl (C=O) groups excluding carboxylic acids is 1. The molecule has 1 aliphatic heterocycles. The summed E-state index contributed by atoms with van der Waals surface area (Å²) in [6, 6.07) is 0. The van der Waals surface area contributed by atoms with E-state index < -0.39 is 15.2 Å². The van der Waals surface area contributed by atoms with Crippen molar-refractivity contribution in [3.05, 3.63) is 0 Å². The van der Waals surface area contributed by atoms with Crippen LogP contribution in [0.2, 0.25) is 0 Å². The highest BCUT2D eigenvalue weighted by atomic mass is 32.2. The highest BCUT2D eigenvalue weighted by Gasteiger charge is 2.30. The maximum atomic E-state index is 11.6. The number of hydrogen-bond donors (Lipinski definition) is 2. The summed E-state index contributed by atoms with van der Waals surface area (Å²) in [7, 11) is -3.05. The number of hydrogen-bond acceptors (Lipinski definition) is 6. The Bertz CT molecular complexity index is 358. The van der Waals surface area contributed by atoms with Crippen LogP contribution in [-0.2, 0) is 14.6 Å². The lowest BCUT2D eigenvalue weighted by atomic mass is 10.3. The van der Waals surface area contributed by atoms with Gasteiger partial charge in [0, 0.05) is 30.7 Å². The van der Waals surface area contributed by atoms with Gasteiger partial charge in [0.1, 0.15) is 5.37 Å². The first kappa shape index (κ1) is 14.7. The molecule has 1 rings (SSSR count). The summed E-state index contributed by atoms with van der Waals surface area (Å²) in [5, 5.41) is -0.415. The van der Waals surface area contributed by atoms with Crippen molar-refractivity contribution in [1.82, 2.24) is 10.3 Å². The molecule has 0 radical (unpaired) electrons. The fraction of sp³-hybridized carbons (Fsp3) is 0.889. The minimum Gasteiger partial charge on any atom is -0.294 e. The van der Waals surface area contributed by atoms with Crippen LogP contribution in [0.5, 0.6) is 0 Å². The summed E-state index contributed by atoms with van der Waals surface area (Å²) in [6.07, 6.45) is 2.22. The Morgan fingerprint density at radius 3 is 2.88 bits per heavy atom. The second kappa shape index (κ2) is 6.58. The summed E-state index contributed by atoms with van der Waals surface area (Å²) in [6.45, 7) is 1.37. The average Bonchev–Trinajstić information content (AvgIpc) is 2.28. The zero-order chi connectivity index (χ0) is 12.9. The molecular weight excluding hydrogens is 262 g/mol. The van der Waals surface area contributed by atoms with Gasteiger partial charge in [-0.25, -0.2) is 14.3 Å². The van der Waals surface area contributed by atoms with E-state index >= 15 is 0 Å². The molecule has 0 spiro atoms. The third kappa shape index (κ3) is 4.82. The first-order valence-electron chi connectivity index (χ1n) is 5.45. The number of carbonyl (C=O) groups is 1. The van der Waals surface area contributed by atoms with Crippen molar-refractivity contribution in [3.8, 4) is 0 Å². The van der Waals surface area contributed by atoms with Gasteiger partial charge in [-0.3, -0.25) is 15.1 Å². The molecule has 0 aromatic rings. The molecule has 1 aliphatic rings. The second-order valence-electron chi connectivity index (χ2n) is 4.07. The monoisotopic (exact) mass is 281 g/mol. The standard InChI is InChI=1S/C9H19N3O3S2/c1-17(14,15)9-7-16-6-5-12(9)4-2-3-8(13)11-10/h9H,2-7,10H2,1H3,(H,11,13). The summed E-state index contributed by atoms with van der Waals surface area (Å²) in [4.78, 5) is 12.9. The Morgan fingerprint density at radius 1 is 1.59 bits per heavy atom. The number of nitrogens with zero attached hydrogens (tertiary/aromatic N) is 1. The van der Waals surface area contributed by atoms with Gasteiger partial charge >= 0.3 is 0 Å². The van der Waals surface area contributed by atoms with Gasteiger partial charge in [0.2, 0.25) is 5.91 Å². The largest absolute Gasteiger partial charge is 0.294 e. The van der Waals surface area contributed by atoms with Gasteiger partial charge in [-0.15, -0.1) is 0 Å². The number of sulfone groups is 1. The van der Waals surface area contributed by atoms with Crippen LogP contribution in [0, 0.1) is 0 Å². The lowest BCUT2D eigenvalue weighted by Crippen LogP contribution is -2.47. The number of nitrogens with one attached hydrogen (secondary N) is 1. The topological polar surface area (TPSA) is 92.5 Å². The van der Waals surface area contributed by atoms with E-state index in [1.54, 1.807) is 11.8 Å². The molecular formula is C9H19N3O3S2. The second-order valence-corrected chi connectivity index (χ2v) is 7.42. The third-order valence-electron chi connectivity index (χ3n) is 2.69. The van der Waals surface area contributed by atoms with E-state index in [1.165, 1.54) is 6.26 Å². The van der Waals surface area contributed by atoms with Crippen LogP contribution in [0.1, 0.15) is 12.8 Å². The first-order chi connectivity index (χ1) is 7.95. The summed E-state index contributed by atoms with van der Waals surface area (Å²) in [5.41, 5.74) is 2.06. The first-order valence-corrected chi connectivity index (χ1v) is 8.56. The van der Waals surface area contributed by atoms with Gasteiger partial charge in [-0.1, -0.05) is 0 Å². The summed E-state index contributed by atoms with van der Waals surface area (Å²) < 4.78 is 23.2. The maximum absolute atomic E-state index is 11.6. The quantitative estimate of drug-likeness (QED) is 0.388. The molecule has 6 nitrogen and oxygen atoms in total. The molecule has 0 bridgehead atoms. The van der Waals surface area contributed by atoms with E-state index in [-0.39, 0.29) is 5.91 Å². The normalized spacial score (nSPS) is 22.4. The molecule has 8 heteroatoms. The van der Waals surface area contributed by atoms with Crippen molar-refractivity contribution in [1.29, 1.82) is 0 Å². The minimum absolute atomic E-state index is 0.215. The van der Waals surface area contributed by atoms with Crippen LogP contribution in [0.15, 0.2) is 0 Å². The number of rotatable bonds is 5. The zero-order valence-electron chi connectivity index (χ0n) is 9.89. The van der Waals surface area contributed by atoms with Gasteiger partial charge < -0.3 is 0 Å². The van der Waals surface area contributed by atoms with E-state index in [4.69, 9.17) is 5.84 Å². The molecule has 3 N–H and O–H groups in total. The predicted molar refractivity (Wildman–Crippen MR) is 69.1 cm³/mol. The zero-order valence-corrected chi connectivity index (χ0v) is 11.5. The number of nitrogens with two attached hydrogens (primary N) is 1. The van der Waals surface area contributed by atoms with Crippen LogP contribution >= 0.6 is 11.8 Å². The number of amides is 1. The van der Waals surface area contributed by atoms with Gasteiger partial charge in [0.05, 0.1) is 0 Å². The van der Waals surface area contributed by atoms with Crippen LogP contribution in [0.4, 0.5) is 0 Å². The highest BCUT2D eigenvalue weighted by Crippen LogP contribution is 2.20. The van der Waals surface area contributed by atoms with Gasteiger partial charge in [0.25, 0.3) is 0 Å². The van der Waals surface area contributed by atoms with E-state index in [1.807, 2.05) is 4.90 Å². The number of hydrazine groups is 1. The van der Waals surface area contributed by atoms with Crippen molar-refractivity contribution >= 4 is 27.5 Å². The predicted octanol–water partition coefficient (Wildman–Crippen LogP) is -0.824. The minimum atomic E-state index is -3.05. The van der Waals surface area contributed by atoms with Crippen LogP contribution in [0.3, 0.4) is 0 Å². The molecule has 1 heterocycles. The van der Waals surface area contributed by atoms with E-state index in [9.17, 15) is 13.2 Å². The SMILES string of the molecule is CS(=O)(=O)C1CSCCN1CCCC(=O)NN. The van der Waals surface area contributed by atoms with Gasteiger partial charge in [0.15, 0.2) is 9.84 Å². The van der Waals surface area contributed by atoms with Crippen LogP contribution < -0.4 is 11.3 Å². The van der Waals surface area contributed by atoms with Crippen molar-refractivity contribution in [3.63, 3.8) is 0 Å². The van der Waals surface area contributed by atoms with Gasteiger partial charge in [-0.2, -0.15) is 11.8 Å². The van der Waals surface area contributed by atoms with Crippen molar-refractivity contribution < 1.29 is 13.2 Å². The van der Waals surface area contributed by atoms with E-state index in [0.717, 1.165) is 12.3 Å². The molecule has 1 saturated heterocycles. The fourth-order valence-corrected chi connectivity index (χ4v) is 4.75. The molecule has 0 aliphatic carbocycles. The third-order valence-corrected chi connectivity index (χ3v) is 5.38.